The highest BCUT2D eigenvalue weighted by atomic mass is 16.6. The van der Waals surface area contributed by atoms with Crippen LogP contribution in [0.15, 0.2) is 18.2 Å². The maximum Gasteiger partial charge on any atom is 0.269 e. The van der Waals surface area contributed by atoms with E-state index in [2.05, 4.69) is 26.1 Å². The fourth-order valence-corrected chi connectivity index (χ4v) is 1.62. The van der Waals surface area contributed by atoms with E-state index in [4.69, 9.17) is 4.74 Å². The van der Waals surface area contributed by atoms with Crippen molar-refractivity contribution >= 4 is 11.4 Å². The molecule has 0 aliphatic rings. The summed E-state index contributed by atoms with van der Waals surface area (Å²) in [4.78, 5) is 10.4. The van der Waals surface area contributed by atoms with Crippen molar-refractivity contribution in [2.75, 3.05) is 19.0 Å². The van der Waals surface area contributed by atoms with Crippen LogP contribution in [0, 0.1) is 15.5 Å². The average molecular weight is 266 g/mol. The van der Waals surface area contributed by atoms with Gasteiger partial charge >= 0.3 is 0 Å². The zero-order valence-corrected chi connectivity index (χ0v) is 12.0. The van der Waals surface area contributed by atoms with Gasteiger partial charge < -0.3 is 10.1 Å². The van der Waals surface area contributed by atoms with E-state index in [1.54, 1.807) is 19.2 Å². The summed E-state index contributed by atoms with van der Waals surface area (Å²) < 4.78 is 5.61. The van der Waals surface area contributed by atoms with Crippen molar-refractivity contribution in [1.29, 1.82) is 0 Å². The van der Waals surface area contributed by atoms with Crippen LogP contribution in [0.4, 0.5) is 11.4 Å². The molecule has 0 aliphatic carbocycles. The van der Waals surface area contributed by atoms with Crippen molar-refractivity contribution in [3.8, 4) is 0 Å². The Bertz CT molecular complexity index is 439. The van der Waals surface area contributed by atoms with Crippen LogP contribution in [0.1, 0.15) is 32.8 Å². The molecular weight excluding hydrogens is 244 g/mol. The minimum atomic E-state index is -0.391. The third-order valence-corrected chi connectivity index (χ3v) is 2.82. The lowest BCUT2D eigenvalue weighted by Crippen LogP contribution is -2.10. The molecule has 5 nitrogen and oxygen atoms in total. The van der Waals surface area contributed by atoms with E-state index in [9.17, 15) is 10.1 Å². The molecule has 1 N–H and O–H groups in total. The fourth-order valence-electron chi connectivity index (χ4n) is 1.62. The topological polar surface area (TPSA) is 64.4 Å². The number of hydrogen-bond donors (Lipinski definition) is 1. The monoisotopic (exact) mass is 266 g/mol. The number of non-ortho nitro benzene ring substituents is 1. The Morgan fingerprint density at radius 1 is 1.37 bits per heavy atom. The second-order valence-corrected chi connectivity index (χ2v) is 5.71. The summed E-state index contributed by atoms with van der Waals surface area (Å²) in [6, 6.07) is 4.76. The maximum absolute atomic E-state index is 10.8. The third kappa shape index (κ3) is 5.26. The molecule has 0 atom stereocenters. The Morgan fingerprint density at radius 3 is 2.58 bits per heavy atom. The molecule has 0 saturated heterocycles. The van der Waals surface area contributed by atoms with Crippen LogP contribution in [0.25, 0.3) is 0 Å². The lowest BCUT2D eigenvalue weighted by molar-refractivity contribution is -0.384. The van der Waals surface area contributed by atoms with Gasteiger partial charge in [-0.3, -0.25) is 10.1 Å². The van der Waals surface area contributed by atoms with Crippen LogP contribution in [0.3, 0.4) is 0 Å². The van der Waals surface area contributed by atoms with Gasteiger partial charge in [0.15, 0.2) is 0 Å². The van der Waals surface area contributed by atoms with Gasteiger partial charge in [-0.25, -0.2) is 0 Å². The van der Waals surface area contributed by atoms with Crippen LogP contribution in [0.5, 0.6) is 0 Å². The highest BCUT2D eigenvalue weighted by Crippen LogP contribution is 2.23. The number of ether oxygens (including phenoxy) is 1. The quantitative estimate of drug-likeness (QED) is 0.485. The molecule has 19 heavy (non-hydrogen) atoms. The van der Waals surface area contributed by atoms with Crippen LogP contribution in [-0.2, 0) is 11.3 Å². The summed E-state index contributed by atoms with van der Waals surface area (Å²) >= 11 is 0. The maximum atomic E-state index is 10.8. The van der Waals surface area contributed by atoms with Gasteiger partial charge in [-0.2, -0.15) is 0 Å². The fraction of sp³-hybridized carbons (Fsp3) is 0.571. The number of nitro benzene ring substituents is 1. The van der Waals surface area contributed by atoms with E-state index >= 15 is 0 Å². The van der Waals surface area contributed by atoms with Gasteiger partial charge in [0.25, 0.3) is 5.69 Å². The Labute approximate surface area is 114 Å². The van der Waals surface area contributed by atoms with Crippen LogP contribution in [0.2, 0.25) is 0 Å². The first-order valence-corrected chi connectivity index (χ1v) is 6.36. The molecule has 0 spiro atoms. The second-order valence-electron chi connectivity index (χ2n) is 5.71. The average Bonchev–Trinajstić information content (AvgIpc) is 2.33. The van der Waals surface area contributed by atoms with Gasteiger partial charge in [-0.05, 0) is 17.9 Å². The first-order chi connectivity index (χ1) is 8.83. The summed E-state index contributed by atoms with van der Waals surface area (Å²) in [7, 11) is 1.79. The SMILES string of the molecule is CNc1ccc([N+](=O)[O-])cc1COCCC(C)(C)C. The Balaban J connectivity index is 2.65. The van der Waals surface area contributed by atoms with Gasteiger partial charge in [0.1, 0.15) is 0 Å². The third-order valence-electron chi connectivity index (χ3n) is 2.82. The van der Waals surface area contributed by atoms with Crippen molar-refractivity contribution in [3.63, 3.8) is 0 Å². The van der Waals surface area contributed by atoms with E-state index < -0.39 is 4.92 Å². The zero-order chi connectivity index (χ0) is 14.5. The number of nitrogens with zero attached hydrogens (tertiary/aromatic N) is 1. The van der Waals surface area contributed by atoms with Crippen molar-refractivity contribution in [3.05, 3.63) is 33.9 Å². The van der Waals surface area contributed by atoms with Crippen LogP contribution in [-0.4, -0.2) is 18.6 Å². The summed E-state index contributed by atoms with van der Waals surface area (Å²) in [5.74, 6) is 0. The van der Waals surface area contributed by atoms with Gasteiger partial charge in [-0.15, -0.1) is 0 Å². The molecular formula is C14H22N2O3. The molecule has 1 aromatic carbocycles. The molecule has 0 aromatic heterocycles. The minimum Gasteiger partial charge on any atom is -0.388 e. The summed E-state index contributed by atoms with van der Waals surface area (Å²) in [6.07, 6.45) is 0.955. The molecule has 106 valence electrons. The normalized spacial score (nSPS) is 11.4. The molecule has 5 heteroatoms. The smallest absolute Gasteiger partial charge is 0.269 e. The molecule has 1 rings (SSSR count). The number of nitro groups is 1. The molecule has 1 aromatic rings. The van der Waals surface area contributed by atoms with Gasteiger partial charge in [0, 0.05) is 37.0 Å². The van der Waals surface area contributed by atoms with Crippen LogP contribution >= 0.6 is 0 Å². The molecule has 0 fully saturated rings. The summed E-state index contributed by atoms with van der Waals surface area (Å²) in [5.41, 5.74) is 1.99. The number of nitrogens with one attached hydrogen (secondary N) is 1. The lowest BCUT2D eigenvalue weighted by Gasteiger charge is -2.18. The van der Waals surface area contributed by atoms with Gasteiger partial charge in [0.05, 0.1) is 11.5 Å². The van der Waals surface area contributed by atoms with Crippen LogP contribution < -0.4 is 5.32 Å². The predicted octanol–water partition coefficient (Wildman–Crippen LogP) is 3.59. The minimum absolute atomic E-state index is 0.0911. The Kier molecular flexibility index (Phi) is 5.30. The first-order valence-electron chi connectivity index (χ1n) is 6.36. The number of hydrogen-bond acceptors (Lipinski definition) is 4. The molecule has 0 unspecified atom stereocenters. The van der Waals surface area contributed by atoms with Gasteiger partial charge in [0.2, 0.25) is 0 Å². The summed E-state index contributed by atoms with van der Waals surface area (Å²) in [5, 5.41) is 13.8. The van der Waals surface area contributed by atoms with E-state index in [0.29, 0.717) is 13.2 Å². The van der Waals surface area contributed by atoms with E-state index in [1.165, 1.54) is 6.07 Å². The molecule has 0 bridgehead atoms. The van der Waals surface area contributed by atoms with E-state index in [1.807, 2.05) is 0 Å². The lowest BCUT2D eigenvalue weighted by atomic mass is 9.93. The van der Waals surface area contributed by atoms with E-state index in [0.717, 1.165) is 17.7 Å². The predicted molar refractivity (Wildman–Crippen MR) is 76.4 cm³/mol. The first kappa shape index (κ1) is 15.4. The van der Waals surface area contributed by atoms with Crippen molar-refractivity contribution in [2.45, 2.75) is 33.8 Å². The zero-order valence-electron chi connectivity index (χ0n) is 12.0. The Morgan fingerprint density at radius 2 is 2.05 bits per heavy atom. The molecule has 0 saturated carbocycles. The highest BCUT2D eigenvalue weighted by Gasteiger charge is 2.12. The Hall–Kier alpha value is -1.62. The molecule has 0 amide bonds. The largest absolute Gasteiger partial charge is 0.388 e. The number of anilines is 1. The van der Waals surface area contributed by atoms with Crippen molar-refractivity contribution < 1.29 is 9.66 Å². The number of rotatable bonds is 6. The number of benzene rings is 1. The van der Waals surface area contributed by atoms with Crippen molar-refractivity contribution in [2.24, 2.45) is 5.41 Å². The molecule has 0 heterocycles. The highest BCUT2D eigenvalue weighted by molar-refractivity contribution is 5.55. The van der Waals surface area contributed by atoms with E-state index in [-0.39, 0.29) is 11.1 Å². The molecule has 0 radical (unpaired) electrons. The summed E-state index contributed by atoms with van der Waals surface area (Å²) in [6.45, 7) is 7.50. The van der Waals surface area contributed by atoms with Crippen molar-refractivity contribution in [1.82, 2.24) is 0 Å². The van der Waals surface area contributed by atoms with Gasteiger partial charge in [-0.1, -0.05) is 20.8 Å². The second kappa shape index (κ2) is 6.52. The standard InChI is InChI=1S/C14H22N2O3/c1-14(2,3)7-8-19-10-11-9-12(16(17)18)5-6-13(11)15-4/h5-6,9,15H,7-8,10H2,1-4H3. The molecule has 0 aliphatic heterocycles.